The molecule has 0 radical (unpaired) electrons. The Balaban J connectivity index is 1.99. The van der Waals surface area contributed by atoms with E-state index in [0.717, 1.165) is 22.5 Å². The third kappa shape index (κ3) is 5.06. The van der Waals surface area contributed by atoms with Crippen molar-refractivity contribution < 1.29 is 27.3 Å². The van der Waals surface area contributed by atoms with Crippen molar-refractivity contribution >= 4 is 45.1 Å². The molecule has 2 atom stereocenters. The molecule has 8 nitrogen and oxygen atoms in total. The molecule has 2 rings (SSSR count). The summed E-state index contributed by atoms with van der Waals surface area (Å²) in [5.74, 6) is -0.345. The Bertz CT molecular complexity index is 704. The summed E-state index contributed by atoms with van der Waals surface area (Å²) in [4.78, 5) is 24.8. The number of amides is 2. The van der Waals surface area contributed by atoms with Gasteiger partial charge in [-0.2, -0.15) is 8.42 Å². The normalized spacial score (nSPS) is 21.4. The van der Waals surface area contributed by atoms with Gasteiger partial charge in [0.15, 0.2) is 0 Å². The van der Waals surface area contributed by atoms with Crippen LogP contribution in [0.3, 0.4) is 0 Å². The number of carbonyl (C=O) groups excluding carboxylic acids is 1. The Hall–Kier alpha value is -1.36. The molecule has 1 aromatic rings. The average molecular weight is 383 g/mol. The highest BCUT2D eigenvalue weighted by atomic mass is 35.5. The molecule has 0 bridgehead atoms. The number of likely N-dealkylation sites (tertiary alicyclic amines) is 1. The van der Waals surface area contributed by atoms with Gasteiger partial charge in [-0.05, 0) is 18.6 Å². The van der Waals surface area contributed by atoms with Gasteiger partial charge in [0.1, 0.15) is 0 Å². The quantitative estimate of drug-likeness (QED) is 0.740. The Morgan fingerprint density at radius 3 is 2.74 bits per heavy atom. The first-order chi connectivity index (χ1) is 10.7. The fraction of sp³-hybridized carbons (Fsp3) is 0.500. The van der Waals surface area contributed by atoms with Crippen LogP contribution in [0.2, 0.25) is 4.34 Å². The zero-order valence-corrected chi connectivity index (χ0v) is 14.4. The third-order valence-corrected chi connectivity index (χ3v) is 5.06. The van der Waals surface area contributed by atoms with Crippen molar-refractivity contribution in [1.82, 2.24) is 10.2 Å². The summed E-state index contributed by atoms with van der Waals surface area (Å²) in [6.07, 6.45) is -0.0255. The fourth-order valence-electron chi connectivity index (χ4n) is 2.31. The number of rotatable bonds is 5. The van der Waals surface area contributed by atoms with Gasteiger partial charge in [0.2, 0.25) is 0 Å². The first-order valence-corrected chi connectivity index (χ1v) is 9.57. The van der Waals surface area contributed by atoms with E-state index in [4.69, 9.17) is 11.6 Å². The van der Waals surface area contributed by atoms with Crippen LogP contribution < -0.4 is 5.32 Å². The maximum atomic E-state index is 12.1. The monoisotopic (exact) mass is 382 g/mol. The molecule has 1 aromatic heterocycles. The summed E-state index contributed by atoms with van der Waals surface area (Å²) in [7, 11) is -3.66. The molecule has 23 heavy (non-hydrogen) atoms. The molecular weight excluding hydrogens is 368 g/mol. The number of nitrogens with one attached hydrogen (secondary N) is 1. The number of hydrogen-bond donors (Lipinski definition) is 2. The second-order valence-corrected chi connectivity index (χ2v) is 8.45. The van der Waals surface area contributed by atoms with E-state index < -0.39 is 28.3 Å². The minimum atomic E-state index is -3.66. The van der Waals surface area contributed by atoms with Crippen molar-refractivity contribution in [3.05, 3.63) is 21.3 Å². The van der Waals surface area contributed by atoms with E-state index in [9.17, 15) is 23.1 Å². The predicted octanol–water partition coefficient (Wildman–Crippen LogP) is 1.23. The maximum absolute atomic E-state index is 12.1. The lowest BCUT2D eigenvalue weighted by atomic mass is 10.2. The Morgan fingerprint density at radius 1 is 1.52 bits per heavy atom. The molecule has 128 valence electrons. The van der Waals surface area contributed by atoms with Gasteiger partial charge in [0.05, 0.1) is 28.1 Å². The molecule has 0 saturated carbocycles. The lowest BCUT2D eigenvalue weighted by molar-refractivity contribution is 0.0939. The molecule has 0 aliphatic carbocycles. The van der Waals surface area contributed by atoms with Gasteiger partial charge in [-0.25, -0.2) is 4.79 Å². The molecule has 2 amide bonds. The van der Waals surface area contributed by atoms with Crippen molar-refractivity contribution in [2.75, 3.05) is 19.4 Å². The van der Waals surface area contributed by atoms with Crippen molar-refractivity contribution in [3.8, 4) is 0 Å². The van der Waals surface area contributed by atoms with E-state index >= 15 is 0 Å². The van der Waals surface area contributed by atoms with Gasteiger partial charge in [0.25, 0.3) is 16.0 Å². The lowest BCUT2D eigenvalue weighted by Crippen LogP contribution is -2.39. The van der Waals surface area contributed by atoms with Crippen molar-refractivity contribution in [2.45, 2.75) is 18.5 Å². The summed E-state index contributed by atoms with van der Waals surface area (Å²) in [5.41, 5.74) is 0. The third-order valence-electron chi connectivity index (χ3n) is 3.27. The van der Waals surface area contributed by atoms with Crippen LogP contribution in [-0.4, -0.2) is 61.9 Å². The van der Waals surface area contributed by atoms with E-state index in [1.54, 1.807) is 12.1 Å². The number of nitrogens with zero attached hydrogens (tertiary/aromatic N) is 1. The molecule has 0 aromatic carbocycles. The zero-order valence-electron chi connectivity index (χ0n) is 12.1. The number of halogens is 1. The molecule has 11 heteroatoms. The van der Waals surface area contributed by atoms with Crippen LogP contribution in [0.25, 0.3) is 0 Å². The summed E-state index contributed by atoms with van der Waals surface area (Å²) >= 11 is 6.89. The van der Waals surface area contributed by atoms with E-state index in [1.165, 1.54) is 0 Å². The van der Waals surface area contributed by atoms with Crippen LogP contribution in [0.5, 0.6) is 0 Å². The highest BCUT2D eigenvalue weighted by Gasteiger charge is 2.37. The Kier molecular flexibility index (Phi) is 5.50. The topological polar surface area (TPSA) is 113 Å². The minimum Gasteiger partial charge on any atom is -0.465 e. The first kappa shape index (κ1) is 18.0. The summed E-state index contributed by atoms with van der Waals surface area (Å²) < 4.78 is 27.2. The molecule has 1 aliphatic heterocycles. The Morgan fingerprint density at radius 2 is 2.22 bits per heavy atom. The van der Waals surface area contributed by atoms with Gasteiger partial charge in [-0.3, -0.25) is 8.98 Å². The maximum Gasteiger partial charge on any atom is 0.407 e. The van der Waals surface area contributed by atoms with Crippen molar-refractivity contribution in [2.24, 2.45) is 0 Å². The molecule has 2 heterocycles. The molecular formula is C12H15ClN2O6S2. The van der Waals surface area contributed by atoms with E-state index in [2.05, 4.69) is 9.50 Å². The SMILES string of the molecule is CS(=O)(=O)OC[C@@H]1C[C@@H](NC(=O)c2ccc(Cl)s2)CN1C(=O)O. The van der Waals surface area contributed by atoms with Gasteiger partial charge in [-0.15, -0.1) is 11.3 Å². The molecule has 0 unspecified atom stereocenters. The molecule has 1 saturated heterocycles. The van der Waals surface area contributed by atoms with Gasteiger partial charge in [0, 0.05) is 12.6 Å². The van der Waals surface area contributed by atoms with Crippen molar-refractivity contribution in [1.29, 1.82) is 0 Å². The lowest BCUT2D eigenvalue weighted by Gasteiger charge is -2.20. The molecule has 2 N–H and O–H groups in total. The molecule has 0 spiro atoms. The van der Waals surface area contributed by atoms with Crippen LogP contribution in [0, 0.1) is 0 Å². The second kappa shape index (κ2) is 7.04. The largest absolute Gasteiger partial charge is 0.465 e. The van der Waals surface area contributed by atoms with Gasteiger partial charge < -0.3 is 15.3 Å². The molecule has 1 aliphatic rings. The predicted molar refractivity (Wildman–Crippen MR) is 84.5 cm³/mol. The number of hydrogen-bond acceptors (Lipinski definition) is 6. The van der Waals surface area contributed by atoms with E-state index in [1.807, 2.05) is 0 Å². The number of carboxylic acid groups (broad SMARTS) is 1. The minimum absolute atomic E-state index is 0.0674. The summed E-state index contributed by atoms with van der Waals surface area (Å²) in [6, 6.07) is 2.12. The first-order valence-electron chi connectivity index (χ1n) is 6.56. The van der Waals surface area contributed by atoms with Crippen LogP contribution in [0.4, 0.5) is 4.79 Å². The zero-order chi connectivity index (χ0) is 17.2. The van der Waals surface area contributed by atoms with Gasteiger partial charge >= 0.3 is 6.09 Å². The second-order valence-electron chi connectivity index (χ2n) is 5.09. The van der Waals surface area contributed by atoms with Crippen LogP contribution in [0.1, 0.15) is 16.1 Å². The van der Waals surface area contributed by atoms with Crippen LogP contribution in [0.15, 0.2) is 12.1 Å². The van der Waals surface area contributed by atoms with Crippen molar-refractivity contribution in [3.63, 3.8) is 0 Å². The van der Waals surface area contributed by atoms with E-state index in [-0.39, 0.29) is 25.5 Å². The highest BCUT2D eigenvalue weighted by molar-refractivity contribution is 7.85. The van der Waals surface area contributed by atoms with Gasteiger partial charge in [-0.1, -0.05) is 11.6 Å². The standard InChI is InChI=1S/C12H15ClN2O6S2/c1-23(19,20)21-6-8-4-7(5-15(8)12(17)18)14-11(16)9-2-3-10(13)22-9/h2-3,7-8H,4-6H2,1H3,(H,14,16)(H,17,18)/t7-,8+/m1/s1. The van der Waals surface area contributed by atoms with Crippen LogP contribution in [-0.2, 0) is 14.3 Å². The fourth-order valence-corrected chi connectivity index (χ4v) is 3.66. The van der Waals surface area contributed by atoms with E-state index in [0.29, 0.717) is 9.21 Å². The number of thiophene rings is 1. The smallest absolute Gasteiger partial charge is 0.407 e. The number of carbonyl (C=O) groups is 2. The average Bonchev–Trinajstić information content (AvgIpc) is 3.02. The molecule has 1 fully saturated rings. The highest BCUT2D eigenvalue weighted by Crippen LogP contribution is 2.23. The summed E-state index contributed by atoms with van der Waals surface area (Å²) in [6.45, 7) is -0.208. The Labute approximate surface area is 142 Å². The van der Waals surface area contributed by atoms with Crippen LogP contribution >= 0.6 is 22.9 Å². The summed E-state index contributed by atoms with van der Waals surface area (Å²) in [5, 5.41) is 11.9.